The Hall–Kier alpha value is -1.69. The van der Waals surface area contributed by atoms with Gasteiger partial charge in [0.15, 0.2) is 0 Å². The van der Waals surface area contributed by atoms with Crippen molar-refractivity contribution in [3.8, 4) is 0 Å². The highest BCUT2D eigenvalue weighted by atomic mass is 32.1. The number of thiophene rings is 1. The molecule has 4 rings (SSSR count). The Labute approximate surface area is 139 Å². The van der Waals surface area contributed by atoms with E-state index in [9.17, 15) is 9.90 Å². The van der Waals surface area contributed by atoms with Crippen LogP contribution in [0.15, 0.2) is 0 Å². The number of hydrogen-bond donors (Lipinski definition) is 1. The van der Waals surface area contributed by atoms with Gasteiger partial charge in [-0.05, 0) is 44.1 Å². The van der Waals surface area contributed by atoms with E-state index in [0.29, 0.717) is 13.0 Å². The van der Waals surface area contributed by atoms with Gasteiger partial charge in [-0.15, -0.1) is 11.3 Å². The van der Waals surface area contributed by atoms with Gasteiger partial charge in [0.2, 0.25) is 0 Å². The van der Waals surface area contributed by atoms with Gasteiger partial charge in [-0.1, -0.05) is 6.92 Å². The number of rotatable bonds is 2. The predicted octanol–water partition coefficient (Wildman–Crippen LogP) is 3.04. The van der Waals surface area contributed by atoms with Gasteiger partial charge in [-0.25, -0.2) is 9.97 Å². The molecule has 1 aliphatic carbocycles. The SMILES string of the molecule is Cc1nc(N2CCC(C(=O)O)C2)c2c3c(sc2n1)CC(C)CC3. The van der Waals surface area contributed by atoms with Crippen LogP contribution in [0, 0.1) is 18.8 Å². The standard InChI is InChI=1S/C17H21N3O2S/c1-9-3-4-12-13(7-9)23-16-14(12)15(18-10(2)19-16)20-6-5-11(8-20)17(21)22/h9,11H,3-8H2,1-2H3,(H,21,22). The molecule has 1 aliphatic heterocycles. The zero-order valence-corrected chi connectivity index (χ0v) is 14.3. The molecule has 3 heterocycles. The molecule has 1 saturated heterocycles. The van der Waals surface area contributed by atoms with Gasteiger partial charge in [0.1, 0.15) is 16.5 Å². The molecule has 122 valence electrons. The maximum atomic E-state index is 11.3. The Balaban J connectivity index is 1.81. The van der Waals surface area contributed by atoms with Gasteiger partial charge >= 0.3 is 5.97 Å². The van der Waals surface area contributed by atoms with Gasteiger partial charge in [0.05, 0.1) is 11.3 Å². The van der Waals surface area contributed by atoms with Crippen molar-refractivity contribution < 1.29 is 9.90 Å². The smallest absolute Gasteiger partial charge is 0.308 e. The minimum Gasteiger partial charge on any atom is -0.481 e. The molecule has 2 unspecified atom stereocenters. The fourth-order valence-corrected chi connectivity index (χ4v) is 5.23. The van der Waals surface area contributed by atoms with E-state index in [1.807, 2.05) is 6.92 Å². The summed E-state index contributed by atoms with van der Waals surface area (Å²) in [6, 6.07) is 0. The minimum absolute atomic E-state index is 0.283. The first-order chi connectivity index (χ1) is 11.0. The molecule has 1 N–H and O–H groups in total. The summed E-state index contributed by atoms with van der Waals surface area (Å²) in [4.78, 5) is 25.3. The third-order valence-corrected chi connectivity index (χ3v) is 6.23. The van der Waals surface area contributed by atoms with Crippen LogP contribution >= 0.6 is 11.3 Å². The fraction of sp³-hybridized carbons (Fsp3) is 0.588. The van der Waals surface area contributed by atoms with Gasteiger partial charge in [-0.2, -0.15) is 0 Å². The summed E-state index contributed by atoms with van der Waals surface area (Å²) in [5.41, 5.74) is 1.41. The monoisotopic (exact) mass is 331 g/mol. The maximum Gasteiger partial charge on any atom is 0.308 e. The van der Waals surface area contributed by atoms with Crippen molar-refractivity contribution >= 4 is 33.3 Å². The number of carbonyl (C=O) groups is 1. The van der Waals surface area contributed by atoms with Crippen molar-refractivity contribution in [2.24, 2.45) is 11.8 Å². The number of carboxylic acid groups (broad SMARTS) is 1. The average molecular weight is 331 g/mol. The summed E-state index contributed by atoms with van der Waals surface area (Å²) in [5, 5.41) is 10.5. The van der Waals surface area contributed by atoms with Gasteiger partial charge in [-0.3, -0.25) is 4.79 Å². The number of aromatic nitrogens is 2. The quantitative estimate of drug-likeness (QED) is 0.916. The Morgan fingerprint density at radius 3 is 2.91 bits per heavy atom. The maximum absolute atomic E-state index is 11.3. The van der Waals surface area contributed by atoms with Gasteiger partial charge in [0, 0.05) is 18.0 Å². The Bertz CT molecular complexity index is 786. The number of fused-ring (bicyclic) bond motifs is 3. The summed E-state index contributed by atoms with van der Waals surface area (Å²) >= 11 is 1.80. The van der Waals surface area contributed by atoms with E-state index in [1.165, 1.54) is 22.2 Å². The van der Waals surface area contributed by atoms with Crippen molar-refractivity contribution in [1.29, 1.82) is 0 Å². The molecule has 2 aliphatic rings. The van der Waals surface area contributed by atoms with E-state index in [0.717, 1.165) is 41.8 Å². The predicted molar refractivity (Wildman–Crippen MR) is 91.3 cm³/mol. The molecule has 0 amide bonds. The number of hydrogen-bond acceptors (Lipinski definition) is 5. The summed E-state index contributed by atoms with van der Waals surface area (Å²) in [7, 11) is 0. The molecule has 0 saturated carbocycles. The Morgan fingerprint density at radius 2 is 2.17 bits per heavy atom. The number of nitrogens with zero attached hydrogens (tertiary/aromatic N) is 3. The van der Waals surface area contributed by atoms with E-state index in [2.05, 4.69) is 16.8 Å². The second kappa shape index (κ2) is 5.44. The van der Waals surface area contributed by atoms with Crippen LogP contribution in [0.4, 0.5) is 5.82 Å². The summed E-state index contributed by atoms with van der Waals surface area (Å²) in [6.45, 7) is 5.56. The van der Waals surface area contributed by atoms with Crippen LogP contribution < -0.4 is 4.90 Å². The topological polar surface area (TPSA) is 66.3 Å². The zero-order chi connectivity index (χ0) is 16.1. The van der Waals surface area contributed by atoms with E-state index >= 15 is 0 Å². The van der Waals surface area contributed by atoms with Crippen LogP contribution in [0.25, 0.3) is 10.2 Å². The van der Waals surface area contributed by atoms with Crippen LogP contribution in [-0.4, -0.2) is 34.1 Å². The highest BCUT2D eigenvalue weighted by Gasteiger charge is 2.32. The van der Waals surface area contributed by atoms with Gasteiger partial charge < -0.3 is 10.0 Å². The van der Waals surface area contributed by atoms with Crippen molar-refractivity contribution in [3.63, 3.8) is 0 Å². The van der Waals surface area contributed by atoms with Crippen LogP contribution in [-0.2, 0) is 17.6 Å². The third-order valence-electron chi connectivity index (χ3n) is 5.08. The van der Waals surface area contributed by atoms with Crippen LogP contribution in [0.2, 0.25) is 0 Å². The van der Waals surface area contributed by atoms with E-state index in [1.54, 1.807) is 11.3 Å². The van der Waals surface area contributed by atoms with Crippen LogP contribution in [0.3, 0.4) is 0 Å². The molecule has 6 heteroatoms. The number of anilines is 1. The fourth-order valence-electron chi connectivity index (χ4n) is 3.81. The molecule has 0 radical (unpaired) electrons. The molecule has 1 fully saturated rings. The van der Waals surface area contributed by atoms with Crippen molar-refractivity contribution in [2.75, 3.05) is 18.0 Å². The molecule has 5 nitrogen and oxygen atoms in total. The van der Waals surface area contributed by atoms with Crippen molar-refractivity contribution in [3.05, 3.63) is 16.3 Å². The Morgan fingerprint density at radius 1 is 1.35 bits per heavy atom. The first-order valence-corrected chi connectivity index (χ1v) is 9.11. The molecule has 0 spiro atoms. The second-order valence-electron chi connectivity index (χ2n) is 6.90. The summed E-state index contributed by atoms with van der Waals surface area (Å²) < 4.78 is 0. The molecule has 0 aromatic carbocycles. The first-order valence-electron chi connectivity index (χ1n) is 8.29. The second-order valence-corrected chi connectivity index (χ2v) is 7.98. The van der Waals surface area contributed by atoms with Crippen molar-refractivity contribution in [2.45, 2.75) is 39.5 Å². The molecule has 0 bridgehead atoms. The minimum atomic E-state index is -0.698. The first kappa shape index (κ1) is 14.9. The Kier molecular flexibility index (Phi) is 3.52. The highest BCUT2D eigenvalue weighted by Crippen LogP contribution is 2.41. The largest absolute Gasteiger partial charge is 0.481 e. The third kappa shape index (κ3) is 2.49. The summed E-state index contributed by atoms with van der Waals surface area (Å²) in [5.74, 6) is 1.49. The van der Waals surface area contributed by atoms with Gasteiger partial charge in [0.25, 0.3) is 0 Å². The molecular formula is C17H21N3O2S. The molecular weight excluding hydrogens is 310 g/mol. The van der Waals surface area contributed by atoms with Crippen LogP contribution in [0.1, 0.15) is 36.0 Å². The van der Waals surface area contributed by atoms with Crippen molar-refractivity contribution in [1.82, 2.24) is 9.97 Å². The molecule has 2 aromatic rings. The average Bonchev–Trinajstić information content (AvgIpc) is 3.09. The van der Waals surface area contributed by atoms with E-state index in [4.69, 9.17) is 4.98 Å². The normalized spacial score (nSPS) is 24.2. The lowest BCUT2D eigenvalue weighted by atomic mass is 9.89. The number of carboxylic acids is 1. The van der Waals surface area contributed by atoms with E-state index < -0.39 is 5.97 Å². The molecule has 2 atom stereocenters. The van der Waals surface area contributed by atoms with E-state index in [-0.39, 0.29) is 5.92 Å². The van der Waals surface area contributed by atoms with Crippen LogP contribution in [0.5, 0.6) is 0 Å². The highest BCUT2D eigenvalue weighted by molar-refractivity contribution is 7.19. The zero-order valence-electron chi connectivity index (χ0n) is 13.5. The molecule has 2 aromatic heterocycles. The lowest BCUT2D eigenvalue weighted by molar-refractivity contribution is -0.140. The number of aryl methyl sites for hydroxylation is 2. The summed E-state index contributed by atoms with van der Waals surface area (Å²) in [6.07, 6.45) is 4.13. The lowest BCUT2D eigenvalue weighted by Crippen LogP contribution is -2.24. The number of aliphatic carboxylic acids is 1. The lowest BCUT2D eigenvalue weighted by Gasteiger charge is -2.21. The molecule has 23 heavy (non-hydrogen) atoms.